The molecule has 0 radical (unpaired) electrons. The number of rotatable bonds is 4. The van der Waals surface area contributed by atoms with Crippen molar-refractivity contribution in [3.8, 4) is 0 Å². The van der Waals surface area contributed by atoms with E-state index in [4.69, 9.17) is 0 Å². The van der Waals surface area contributed by atoms with Crippen LogP contribution in [0.2, 0.25) is 0 Å². The zero-order valence-electron chi connectivity index (χ0n) is 13.2. The largest absolute Gasteiger partial charge is 0.330 e. The predicted octanol–water partition coefficient (Wildman–Crippen LogP) is 4.57. The number of carbonyl (C=O) groups excluding carboxylic acids is 1. The average Bonchev–Trinajstić information content (AvgIpc) is 2.97. The zero-order chi connectivity index (χ0) is 17.0. The zero-order valence-corrected chi connectivity index (χ0v) is 14.0. The molecule has 2 amide bonds. The summed E-state index contributed by atoms with van der Waals surface area (Å²) in [6.07, 6.45) is 0. The van der Waals surface area contributed by atoms with Crippen LogP contribution >= 0.6 is 11.3 Å². The molecule has 0 fully saturated rings. The normalized spacial score (nSPS) is 12.5. The fourth-order valence-corrected chi connectivity index (χ4v) is 3.19. The van der Waals surface area contributed by atoms with E-state index in [9.17, 15) is 14.9 Å². The summed E-state index contributed by atoms with van der Waals surface area (Å²) < 4.78 is 0. The molecule has 0 aliphatic rings. The Kier molecular flexibility index (Phi) is 5.00. The minimum atomic E-state index is -0.493. The van der Waals surface area contributed by atoms with Gasteiger partial charge in [0.15, 0.2) is 0 Å². The number of non-ortho nitro benzene ring substituents is 1. The number of thiophene rings is 1. The molecule has 0 saturated heterocycles. The van der Waals surface area contributed by atoms with Crippen LogP contribution in [0.25, 0.3) is 0 Å². The van der Waals surface area contributed by atoms with Crippen molar-refractivity contribution in [2.24, 2.45) is 5.41 Å². The molecule has 1 heterocycles. The van der Waals surface area contributed by atoms with Crippen LogP contribution in [0.5, 0.6) is 0 Å². The van der Waals surface area contributed by atoms with Crippen molar-refractivity contribution >= 4 is 28.7 Å². The minimum Gasteiger partial charge on any atom is -0.330 e. The van der Waals surface area contributed by atoms with Crippen molar-refractivity contribution < 1.29 is 9.72 Å². The second-order valence-electron chi connectivity index (χ2n) is 6.22. The van der Waals surface area contributed by atoms with Crippen LogP contribution in [0.1, 0.15) is 31.7 Å². The van der Waals surface area contributed by atoms with Gasteiger partial charge in [-0.15, -0.1) is 11.3 Å². The fraction of sp³-hybridized carbons (Fsp3) is 0.312. The van der Waals surface area contributed by atoms with Gasteiger partial charge in [-0.2, -0.15) is 0 Å². The van der Waals surface area contributed by atoms with Gasteiger partial charge in [0.25, 0.3) is 5.69 Å². The average molecular weight is 333 g/mol. The molecule has 2 aromatic rings. The lowest BCUT2D eigenvalue weighted by molar-refractivity contribution is -0.384. The quantitative estimate of drug-likeness (QED) is 0.635. The number of nitrogens with zero attached hydrogens (tertiary/aromatic N) is 1. The number of hydrogen-bond acceptors (Lipinski definition) is 4. The van der Waals surface area contributed by atoms with E-state index in [1.165, 1.54) is 18.2 Å². The third-order valence-corrected chi connectivity index (χ3v) is 4.22. The Morgan fingerprint density at radius 2 is 2.00 bits per heavy atom. The van der Waals surface area contributed by atoms with Crippen molar-refractivity contribution in [3.63, 3.8) is 0 Å². The Balaban J connectivity index is 2.11. The maximum atomic E-state index is 12.3. The van der Waals surface area contributed by atoms with Gasteiger partial charge in [0.2, 0.25) is 0 Å². The molecule has 0 aliphatic carbocycles. The number of hydrogen-bond donors (Lipinski definition) is 2. The Hall–Kier alpha value is -2.41. The SMILES string of the molecule is CC(C)(C)C(NC(=O)Nc1cccc([N+](=O)[O-])c1)c1cccs1. The molecule has 1 aromatic carbocycles. The number of nitrogens with one attached hydrogen (secondary N) is 2. The summed E-state index contributed by atoms with van der Waals surface area (Å²) in [5.74, 6) is 0. The summed E-state index contributed by atoms with van der Waals surface area (Å²) in [7, 11) is 0. The number of amides is 2. The van der Waals surface area contributed by atoms with Crippen molar-refractivity contribution in [3.05, 3.63) is 56.8 Å². The molecule has 0 aliphatic heterocycles. The summed E-state index contributed by atoms with van der Waals surface area (Å²) in [6, 6.07) is 9.24. The highest BCUT2D eigenvalue weighted by molar-refractivity contribution is 7.10. The first-order valence-corrected chi connectivity index (χ1v) is 8.01. The van der Waals surface area contributed by atoms with E-state index >= 15 is 0 Å². The van der Waals surface area contributed by atoms with Crippen LogP contribution in [0.4, 0.5) is 16.2 Å². The molecule has 6 nitrogen and oxygen atoms in total. The molecule has 2 N–H and O–H groups in total. The Morgan fingerprint density at radius 1 is 1.26 bits per heavy atom. The van der Waals surface area contributed by atoms with Crippen LogP contribution in [-0.2, 0) is 0 Å². The molecule has 7 heteroatoms. The molecule has 0 spiro atoms. The highest BCUT2D eigenvalue weighted by atomic mass is 32.1. The van der Waals surface area contributed by atoms with Gasteiger partial charge in [0.05, 0.1) is 11.0 Å². The van der Waals surface area contributed by atoms with Crippen LogP contribution in [-0.4, -0.2) is 11.0 Å². The second kappa shape index (κ2) is 6.78. The molecule has 0 bridgehead atoms. The fourth-order valence-electron chi connectivity index (χ4n) is 2.17. The van der Waals surface area contributed by atoms with Crippen LogP contribution in [0, 0.1) is 15.5 Å². The monoisotopic (exact) mass is 333 g/mol. The second-order valence-corrected chi connectivity index (χ2v) is 7.20. The van der Waals surface area contributed by atoms with Gasteiger partial charge in [-0.05, 0) is 22.9 Å². The Morgan fingerprint density at radius 3 is 2.57 bits per heavy atom. The van der Waals surface area contributed by atoms with E-state index in [2.05, 4.69) is 10.6 Å². The summed E-state index contributed by atoms with van der Waals surface area (Å²) >= 11 is 1.58. The first-order valence-electron chi connectivity index (χ1n) is 7.13. The van der Waals surface area contributed by atoms with E-state index in [0.717, 1.165) is 4.88 Å². The van der Waals surface area contributed by atoms with Gasteiger partial charge >= 0.3 is 6.03 Å². The maximum absolute atomic E-state index is 12.3. The Labute approximate surface area is 138 Å². The Bertz CT molecular complexity index is 693. The molecule has 1 atom stereocenters. The number of nitro groups is 1. The summed E-state index contributed by atoms with van der Waals surface area (Å²) in [5, 5.41) is 18.3. The number of carbonyl (C=O) groups is 1. The summed E-state index contributed by atoms with van der Waals surface area (Å²) in [5.41, 5.74) is 0.161. The summed E-state index contributed by atoms with van der Waals surface area (Å²) in [6.45, 7) is 6.14. The first kappa shape index (κ1) is 17.0. The smallest absolute Gasteiger partial charge is 0.319 e. The molecule has 2 rings (SSSR count). The lowest BCUT2D eigenvalue weighted by Gasteiger charge is -2.30. The number of urea groups is 1. The molecular formula is C16H19N3O3S. The van der Waals surface area contributed by atoms with Crippen LogP contribution in [0.15, 0.2) is 41.8 Å². The first-order chi connectivity index (χ1) is 10.8. The summed E-state index contributed by atoms with van der Waals surface area (Å²) in [4.78, 5) is 23.6. The van der Waals surface area contributed by atoms with Gasteiger partial charge in [-0.25, -0.2) is 4.79 Å². The third kappa shape index (κ3) is 4.53. The molecule has 122 valence electrons. The number of nitro benzene ring substituents is 1. The molecule has 1 unspecified atom stereocenters. The van der Waals surface area contributed by atoms with Gasteiger partial charge in [0, 0.05) is 22.7 Å². The highest BCUT2D eigenvalue weighted by Gasteiger charge is 2.28. The van der Waals surface area contributed by atoms with Crippen molar-refractivity contribution in [1.29, 1.82) is 0 Å². The maximum Gasteiger partial charge on any atom is 0.319 e. The number of benzene rings is 1. The standard InChI is InChI=1S/C16H19N3O3S/c1-16(2,3)14(13-8-5-9-23-13)18-15(20)17-11-6-4-7-12(10-11)19(21)22/h4-10,14H,1-3H3,(H2,17,18,20). The van der Waals surface area contributed by atoms with Gasteiger partial charge < -0.3 is 10.6 Å². The van der Waals surface area contributed by atoms with Crippen molar-refractivity contribution in [2.45, 2.75) is 26.8 Å². The minimum absolute atomic E-state index is 0.0616. The van der Waals surface area contributed by atoms with Crippen LogP contribution in [0.3, 0.4) is 0 Å². The highest BCUT2D eigenvalue weighted by Crippen LogP contribution is 2.35. The topological polar surface area (TPSA) is 84.3 Å². The van der Waals surface area contributed by atoms with E-state index < -0.39 is 4.92 Å². The molecular weight excluding hydrogens is 314 g/mol. The molecule has 1 aromatic heterocycles. The van der Waals surface area contributed by atoms with Gasteiger partial charge in [-0.1, -0.05) is 32.9 Å². The van der Waals surface area contributed by atoms with E-state index in [0.29, 0.717) is 5.69 Å². The van der Waals surface area contributed by atoms with Crippen molar-refractivity contribution in [2.75, 3.05) is 5.32 Å². The molecule has 0 saturated carbocycles. The van der Waals surface area contributed by atoms with E-state index in [1.54, 1.807) is 17.4 Å². The van der Waals surface area contributed by atoms with E-state index in [-0.39, 0.29) is 23.2 Å². The lowest BCUT2D eigenvalue weighted by atomic mass is 9.86. The van der Waals surface area contributed by atoms with Crippen LogP contribution < -0.4 is 10.6 Å². The number of anilines is 1. The van der Waals surface area contributed by atoms with Crippen molar-refractivity contribution in [1.82, 2.24) is 5.32 Å². The predicted molar refractivity (Wildman–Crippen MR) is 91.8 cm³/mol. The lowest BCUT2D eigenvalue weighted by Crippen LogP contribution is -2.38. The van der Waals surface area contributed by atoms with Gasteiger partial charge in [-0.3, -0.25) is 10.1 Å². The van der Waals surface area contributed by atoms with E-state index in [1.807, 2.05) is 38.3 Å². The third-order valence-electron chi connectivity index (χ3n) is 3.28. The molecule has 23 heavy (non-hydrogen) atoms. The van der Waals surface area contributed by atoms with Gasteiger partial charge in [0.1, 0.15) is 0 Å².